The Bertz CT molecular complexity index is 1340. The molecule has 3 aromatic rings. The topological polar surface area (TPSA) is 122 Å². The van der Waals surface area contributed by atoms with E-state index >= 15 is 0 Å². The van der Waals surface area contributed by atoms with Gasteiger partial charge in [-0.25, -0.2) is 13.8 Å². The number of hydrogen-bond donors (Lipinski definition) is 1. The fourth-order valence-corrected chi connectivity index (χ4v) is 4.12. The van der Waals surface area contributed by atoms with E-state index in [9.17, 15) is 23.3 Å². The molecule has 0 bridgehead atoms. The number of nitro benzene ring substituents is 1. The van der Waals surface area contributed by atoms with Crippen molar-refractivity contribution >= 4 is 44.6 Å². The fraction of sp³-hybridized carbons (Fsp3) is 0.130. The Hall–Kier alpha value is -3.76. The minimum absolute atomic E-state index is 0.0432. The SMILES string of the molecule is C/C(=N/NC(=O)c1ccc(N(Cc2ccccc2Cl)S(C)(=O)=O)cc1)c1ccc([N+](=O)[O-])cc1. The van der Waals surface area contributed by atoms with E-state index in [0.717, 1.165) is 6.26 Å². The Morgan fingerprint density at radius 1 is 1.03 bits per heavy atom. The molecule has 0 fully saturated rings. The van der Waals surface area contributed by atoms with Crippen molar-refractivity contribution in [3.63, 3.8) is 0 Å². The van der Waals surface area contributed by atoms with Crippen LogP contribution in [0.1, 0.15) is 28.4 Å². The summed E-state index contributed by atoms with van der Waals surface area (Å²) >= 11 is 6.18. The van der Waals surface area contributed by atoms with Crippen molar-refractivity contribution in [1.29, 1.82) is 0 Å². The molecule has 0 spiro atoms. The van der Waals surface area contributed by atoms with E-state index < -0.39 is 20.9 Å². The van der Waals surface area contributed by atoms with E-state index in [1.807, 2.05) is 0 Å². The molecule has 0 aromatic heterocycles. The molecule has 0 heterocycles. The molecule has 0 aliphatic rings. The van der Waals surface area contributed by atoms with Crippen molar-refractivity contribution in [3.05, 3.63) is 105 Å². The number of anilines is 1. The Kier molecular flexibility index (Phi) is 7.64. The molecule has 3 rings (SSSR count). The number of hydrazone groups is 1. The molecule has 0 unspecified atom stereocenters. The van der Waals surface area contributed by atoms with Gasteiger partial charge in [0.25, 0.3) is 11.6 Å². The molecule has 1 N–H and O–H groups in total. The highest BCUT2D eigenvalue weighted by atomic mass is 35.5. The molecule has 0 radical (unpaired) electrons. The smallest absolute Gasteiger partial charge is 0.267 e. The molecule has 3 aromatic carbocycles. The van der Waals surface area contributed by atoms with Crippen LogP contribution in [-0.4, -0.2) is 31.2 Å². The van der Waals surface area contributed by atoms with Crippen LogP contribution in [0.25, 0.3) is 0 Å². The van der Waals surface area contributed by atoms with E-state index in [1.165, 1.54) is 52.8 Å². The average molecular weight is 501 g/mol. The third-order valence-corrected chi connectivity index (χ3v) is 6.42. The first-order valence-electron chi connectivity index (χ1n) is 9.97. The molecule has 0 aliphatic carbocycles. The molecule has 0 saturated carbocycles. The van der Waals surface area contributed by atoms with Gasteiger partial charge in [0.05, 0.1) is 29.1 Å². The summed E-state index contributed by atoms with van der Waals surface area (Å²) in [6, 6.07) is 18.8. The number of benzene rings is 3. The van der Waals surface area contributed by atoms with Gasteiger partial charge in [-0.15, -0.1) is 0 Å². The number of non-ortho nitro benzene ring substituents is 1. The van der Waals surface area contributed by atoms with Crippen LogP contribution in [-0.2, 0) is 16.6 Å². The van der Waals surface area contributed by atoms with Crippen molar-refractivity contribution in [3.8, 4) is 0 Å². The molecule has 9 nitrogen and oxygen atoms in total. The first kappa shape index (κ1) is 24.9. The van der Waals surface area contributed by atoms with Gasteiger partial charge in [0.15, 0.2) is 0 Å². The van der Waals surface area contributed by atoms with Crippen LogP contribution in [0.4, 0.5) is 11.4 Å². The number of nitrogens with zero attached hydrogens (tertiary/aromatic N) is 3. The summed E-state index contributed by atoms with van der Waals surface area (Å²) in [4.78, 5) is 22.7. The summed E-state index contributed by atoms with van der Waals surface area (Å²) in [6.45, 7) is 1.70. The van der Waals surface area contributed by atoms with Crippen molar-refractivity contribution < 1.29 is 18.1 Å². The summed E-state index contributed by atoms with van der Waals surface area (Å²) in [5.41, 5.74) is 4.76. The monoisotopic (exact) mass is 500 g/mol. The van der Waals surface area contributed by atoms with Crippen LogP contribution in [0, 0.1) is 10.1 Å². The van der Waals surface area contributed by atoms with E-state index in [4.69, 9.17) is 11.6 Å². The number of sulfonamides is 1. The minimum atomic E-state index is -3.62. The summed E-state index contributed by atoms with van der Waals surface area (Å²) in [6.07, 6.45) is 1.10. The predicted molar refractivity (Wildman–Crippen MR) is 132 cm³/mol. The summed E-state index contributed by atoms with van der Waals surface area (Å²) < 4.78 is 26.0. The Balaban J connectivity index is 1.74. The molecule has 34 heavy (non-hydrogen) atoms. The number of rotatable bonds is 8. The third kappa shape index (κ3) is 6.18. The number of nitro groups is 1. The minimum Gasteiger partial charge on any atom is -0.267 e. The maximum absolute atomic E-state index is 12.5. The van der Waals surface area contributed by atoms with Crippen LogP contribution >= 0.6 is 11.6 Å². The molecular formula is C23H21ClN4O5S. The van der Waals surface area contributed by atoms with E-state index in [0.29, 0.717) is 27.5 Å². The molecule has 11 heteroatoms. The number of carbonyl (C=O) groups is 1. The number of carbonyl (C=O) groups excluding carboxylic acids is 1. The second kappa shape index (κ2) is 10.4. The van der Waals surface area contributed by atoms with Crippen molar-refractivity contribution in [2.75, 3.05) is 10.6 Å². The van der Waals surface area contributed by atoms with Gasteiger partial charge in [-0.3, -0.25) is 19.2 Å². The van der Waals surface area contributed by atoms with Crippen LogP contribution in [0.15, 0.2) is 77.9 Å². The first-order valence-corrected chi connectivity index (χ1v) is 12.2. The van der Waals surface area contributed by atoms with Gasteiger partial charge < -0.3 is 0 Å². The first-order chi connectivity index (χ1) is 16.1. The summed E-state index contributed by atoms with van der Waals surface area (Å²) in [7, 11) is -3.62. The highest BCUT2D eigenvalue weighted by molar-refractivity contribution is 7.92. The van der Waals surface area contributed by atoms with Gasteiger partial charge in [-0.1, -0.05) is 29.8 Å². The zero-order chi connectivity index (χ0) is 24.9. The van der Waals surface area contributed by atoms with Crippen molar-refractivity contribution in [1.82, 2.24) is 5.43 Å². The number of amides is 1. The molecule has 176 valence electrons. The summed E-state index contributed by atoms with van der Waals surface area (Å²) in [5, 5.41) is 15.2. The van der Waals surface area contributed by atoms with Gasteiger partial charge in [0, 0.05) is 22.7 Å². The molecule has 0 atom stereocenters. The second-order valence-electron chi connectivity index (χ2n) is 7.35. The summed E-state index contributed by atoms with van der Waals surface area (Å²) in [5.74, 6) is -0.496. The highest BCUT2D eigenvalue weighted by Gasteiger charge is 2.19. The van der Waals surface area contributed by atoms with Crippen molar-refractivity contribution in [2.45, 2.75) is 13.5 Å². The Morgan fingerprint density at radius 2 is 1.62 bits per heavy atom. The van der Waals surface area contributed by atoms with Crippen molar-refractivity contribution in [2.24, 2.45) is 5.10 Å². The Labute approximate surface area is 201 Å². The standard InChI is InChI=1S/C23H21ClN4O5S/c1-16(17-7-13-21(14-8-17)28(30)31)25-26-23(29)18-9-11-20(12-10-18)27(34(2,32)33)15-19-5-3-4-6-22(19)24/h3-14H,15H2,1-2H3,(H,26,29)/b25-16-. The fourth-order valence-electron chi connectivity index (χ4n) is 3.05. The molecule has 0 saturated heterocycles. The number of hydrogen-bond acceptors (Lipinski definition) is 6. The zero-order valence-electron chi connectivity index (χ0n) is 18.3. The molecule has 1 amide bonds. The van der Waals surface area contributed by atoms with Crippen LogP contribution in [0.3, 0.4) is 0 Å². The third-order valence-electron chi connectivity index (χ3n) is 4.91. The molecule has 0 aliphatic heterocycles. The van der Waals surface area contributed by atoms with Gasteiger partial charge >= 0.3 is 0 Å². The second-order valence-corrected chi connectivity index (χ2v) is 9.66. The van der Waals surface area contributed by atoms with E-state index in [2.05, 4.69) is 10.5 Å². The lowest BCUT2D eigenvalue weighted by Crippen LogP contribution is -2.29. The number of nitrogens with one attached hydrogen (secondary N) is 1. The van der Waals surface area contributed by atoms with Gasteiger partial charge in [-0.2, -0.15) is 5.10 Å². The predicted octanol–water partition coefficient (Wildman–Crippen LogP) is 4.37. The van der Waals surface area contributed by atoms with Crippen LogP contribution in [0.5, 0.6) is 0 Å². The quantitative estimate of drug-likeness (QED) is 0.279. The zero-order valence-corrected chi connectivity index (χ0v) is 19.9. The lowest BCUT2D eigenvalue weighted by molar-refractivity contribution is -0.384. The lowest BCUT2D eigenvalue weighted by Gasteiger charge is -2.23. The van der Waals surface area contributed by atoms with E-state index in [-0.39, 0.29) is 17.8 Å². The van der Waals surface area contributed by atoms with Crippen LogP contribution < -0.4 is 9.73 Å². The van der Waals surface area contributed by atoms with Crippen LogP contribution in [0.2, 0.25) is 5.02 Å². The van der Waals surface area contributed by atoms with Gasteiger partial charge in [0.1, 0.15) is 0 Å². The highest BCUT2D eigenvalue weighted by Crippen LogP contribution is 2.24. The van der Waals surface area contributed by atoms with Gasteiger partial charge in [-0.05, 0) is 60.5 Å². The van der Waals surface area contributed by atoms with Gasteiger partial charge in [0.2, 0.25) is 10.0 Å². The largest absolute Gasteiger partial charge is 0.271 e. The Morgan fingerprint density at radius 3 is 2.18 bits per heavy atom. The number of halogens is 1. The molecular weight excluding hydrogens is 480 g/mol. The average Bonchev–Trinajstić information content (AvgIpc) is 2.81. The lowest BCUT2D eigenvalue weighted by atomic mass is 10.1. The normalized spacial score (nSPS) is 11.7. The maximum atomic E-state index is 12.5. The van der Waals surface area contributed by atoms with E-state index in [1.54, 1.807) is 31.2 Å². The maximum Gasteiger partial charge on any atom is 0.271 e.